The third-order valence-corrected chi connectivity index (χ3v) is 4.66. The molecular weight excluding hydrogens is 262 g/mol. The maximum absolute atomic E-state index is 12.0. The Morgan fingerprint density at radius 3 is 2.43 bits per heavy atom. The third kappa shape index (κ3) is 3.97. The van der Waals surface area contributed by atoms with Crippen molar-refractivity contribution in [2.45, 2.75) is 44.6 Å². The number of hydrogen-bond donors (Lipinski definition) is 2. The second-order valence-electron chi connectivity index (χ2n) is 6.27. The Bertz CT molecular complexity index is 459. The average Bonchev–Trinajstić information content (AvgIpc) is 3.19. The van der Waals surface area contributed by atoms with Crippen molar-refractivity contribution >= 4 is 17.3 Å². The fourth-order valence-corrected chi connectivity index (χ4v) is 3.41. The Balaban J connectivity index is 1.46. The average molecular weight is 288 g/mol. The van der Waals surface area contributed by atoms with Crippen molar-refractivity contribution in [3.05, 3.63) is 24.3 Å². The fraction of sp³-hybridized carbons (Fsp3) is 0.588. The van der Waals surface area contributed by atoms with Gasteiger partial charge in [-0.05, 0) is 62.8 Å². The van der Waals surface area contributed by atoms with E-state index in [-0.39, 0.29) is 5.91 Å². The summed E-state index contributed by atoms with van der Waals surface area (Å²) in [6.07, 6.45) is 7.74. The number of carbonyl (C=O) groups excluding carboxylic acids is 1. The van der Waals surface area contributed by atoms with Crippen LogP contribution in [0.4, 0.5) is 11.4 Å². The minimum atomic E-state index is 0.107. The molecule has 2 aliphatic rings. The SMILES string of the molecule is O=C(C[NH2+]C1CCCC1)Nc1ccc(N2CCCC2)cc1. The van der Waals surface area contributed by atoms with Crippen molar-refractivity contribution in [1.29, 1.82) is 0 Å². The summed E-state index contributed by atoms with van der Waals surface area (Å²) in [7, 11) is 0. The molecule has 1 amide bonds. The minimum absolute atomic E-state index is 0.107. The summed E-state index contributed by atoms with van der Waals surface area (Å²) in [5.41, 5.74) is 2.17. The van der Waals surface area contributed by atoms with Gasteiger partial charge in [-0.1, -0.05) is 0 Å². The number of nitrogens with one attached hydrogen (secondary N) is 1. The molecule has 0 atom stereocenters. The van der Waals surface area contributed by atoms with Crippen molar-refractivity contribution in [3.63, 3.8) is 0 Å². The molecule has 1 aliphatic carbocycles. The molecule has 1 aliphatic heterocycles. The zero-order chi connectivity index (χ0) is 14.5. The highest BCUT2D eigenvalue weighted by Crippen LogP contribution is 2.21. The molecule has 3 N–H and O–H groups in total. The predicted octanol–water partition coefficient (Wildman–Crippen LogP) is 1.73. The molecule has 1 heterocycles. The van der Waals surface area contributed by atoms with Crippen LogP contribution in [0.2, 0.25) is 0 Å². The van der Waals surface area contributed by atoms with Gasteiger partial charge in [0.15, 0.2) is 6.54 Å². The van der Waals surface area contributed by atoms with Gasteiger partial charge >= 0.3 is 0 Å². The summed E-state index contributed by atoms with van der Waals surface area (Å²) < 4.78 is 0. The van der Waals surface area contributed by atoms with Gasteiger partial charge in [0.1, 0.15) is 0 Å². The molecule has 21 heavy (non-hydrogen) atoms. The van der Waals surface area contributed by atoms with E-state index in [2.05, 4.69) is 27.7 Å². The summed E-state index contributed by atoms with van der Waals surface area (Å²) in [6.45, 7) is 2.85. The lowest BCUT2D eigenvalue weighted by Gasteiger charge is -2.17. The third-order valence-electron chi connectivity index (χ3n) is 4.66. The Hall–Kier alpha value is -1.55. The number of hydrogen-bond acceptors (Lipinski definition) is 2. The van der Waals surface area contributed by atoms with Gasteiger partial charge in [-0.15, -0.1) is 0 Å². The minimum Gasteiger partial charge on any atom is -0.372 e. The van der Waals surface area contributed by atoms with E-state index in [0.717, 1.165) is 18.8 Å². The number of quaternary nitrogens is 1. The standard InChI is InChI=1S/C17H25N3O/c21-17(13-18-14-5-1-2-6-14)19-15-7-9-16(10-8-15)20-11-3-4-12-20/h7-10,14,18H,1-6,11-13H2,(H,19,21)/p+1. The topological polar surface area (TPSA) is 49.0 Å². The van der Waals surface area contributed by atoms with Crippen molar-refractivity contribution < 1.29 is 10.1 Å². The first-order valence-corrected chi connectivity index (χ1v) is 8.29. The van der Waals surface area contributed by atoms with Crippen LogP contribution in [0.25, 0.3) is 0 Å². The number of amides is 1. The lowest BCUT2D eigenvalue weighted by atomic mass is 10.2. The molecule has 0 radical (unpaired) electrons. The molecule has 1 aromatic carbocycles. The first kappa shape index (κ1) is 14.4. The number of nitrogens with two attached hydrogens (primary N) is 1. The van der Waals surface area contributed by atoms with Gasteiger partial charge in [-0.25, -0.2) is 0 Å². The monoisotopic (exact) mass is 288 g/mol. The number of benzene rings is 1. The molecule has 1 saturated carbocycles. The molecule has 4 nitrogen and oxygen atoms in total. The molecule has 4 heteroatoms. The van der Waals surface area contributed by atoms with Crippen LogP contribution in [-0.2, 0) is 4.79 Å². The van der Waals surface area contributed by atoms with Crippen molar-refractivity contribution in [1.82, 2.24) is 0 Å². The van der Waals surface area contributed by atoms with Gasteiger partial charge in [0.05, 0.1) is 6.04 Å². The van der Waals surface area contributed by atoms with Crippen molar-refractivity contribution in [2.24, 2.45) is 0 Å². The van der Waals surface area contributed by atoms with E-state index >= 15 is 0 Å². The van der Waals surface area contributed by atoms with E-state index in [9.17, 15) is 4.79 Å². The van der Waals surface area contributed by atoms with Crippen molar-refractivity contribution in [2.75, 3.05) is 29.9 Å². The smallest absolute Gasteiger partial charge is 0.279 e. The maximum Gasteiger partial charge on any atom is 0.279 e. The van der Waals surface area contributed by atoms with E-state index in [0.29, 0.717) is 12.6 Å². The van der Waals surface area contributed by atoms with Crippen LogP contribution in [0.15, 0.2) is 24.3 Å². The normalized spacial score (nSPS) is 19.1. The number of rotatable bonds is 5. The second-order valence-corrected chi connectivity index (χ2v) is 6.27. The zero-order valence-electron chi connectivity index (χ0n) is 12.7. The van der Waals surface area contributed by atoms with Gasteiger partial charge in [-0.3, -0.25) is 4.79 Å². The number of carbonyl (C=O) groups is 1. The Morgan fingerprint density at radius 2 is 1.76 bits per heavy atom. The van der Waals surface area contributed by atoms with Gasteiger partial charge in [0.25, 0.3) is 5.91 Å². The van der Waals surface area contributed by atoms with E-state index in [4.69, 9.17) is 0 Å². The maximum atomic E-state index is 12.0. The van der Waals surface area contributed by atoms with Crippen LogP contribution >= 0.6 is 0 Å². The van der Waals surface area contributed by atoms with E-state index in [1.165, 1.54) is 44.2 Å². The van der Waals surface area contributed by atoms with Crippen molar-refractivity contribution in [3.8, 4) is 0 Å². The lowest BCUT2D eigenvalue weighted by molar-refractivity contribution is -0.677. The molecule has 0 spiro atoms. The summed E-state index contributed by atoms with van der Waals surface area (Å²) >= 11 is 0. The largest absolute Gasteiger partial charge is 0.372 e. The molecule has 1 aromatic rings. The molecule has 114 valence electrons. The molecule has 2 fully saturated rings. The Kier molecular flexibility index (Phi) is 4.76. The summed E-state index contributed by atoms with van der Waals surface area (Å²) in [4.78, 5) is 14.4. The highest BCUT2D eigenvalue weighted by molar-refractivity contribution is 5.91. The first-order valence-electron chi connectivity index (χ1n) is 8.29. The van der Waals surface area contributed by atoms with Gasteiger partial charge < -0.3 is 15.5 Å². The molecular formula is C17H26N3O+. The quantitative estimate of drug-likeness (QED) is 0.867. The van der Waals surface area contributed by atoms with Crippen LogP contribution in [-0.4, -0.2) is 31.6 Å². The number of nitrogens with zero attached hydrogens (tertiary/aromatic N) is 1. The van der Waals surface area contributed by atoms with Gasteiger partial charge in [0.2, 0.25) is 0 Å². The van der Waals surface area contributed by atoms with Gasteiger partial charge in [-0.2, -0.15) is 0 Å². The zero-order valence-corrected chi connectivity index (χ0v) is 12.7. The van der Waals surface area contributed by atoms with E-state index in [1.807, 2.05) is 12.1 Å². The molecule has 3 rings (SSSR count). The van der Waals surface area contributed by atoms with E-state index in [1.54, 1.807) is 0 Å². The van der Waals surface area contributed by atoms with Crippen LogP contribution in [0.1, 0.15) is 38.5 Å². The van der Waals surface area contributed by atoms with Gasteiger partial charge in [0, 0.05) is 24.5 Å². The highest BCUT2D eigenvalue weighted by Gasteiger charge is 2.19. The summed E-state index contributed by atoms with van der Waals surface area (Å²) in [5.74, 6) is 0.107. The predicted molar refractivity (Wildman–Crippen MR) is 85.6 cm³/mol. The lowest BCUT2D eigenvalue weighted by Crippen LogP contribution is -2.91. The highest BCUT2D eigenvalue weighted by atomic mass is 16.1. The summed E-state index contributed by atoms with van der Waals surface area (Å²) in [5, 5.41) is 5.19. The van der Waals surface area contributed by atoms with Crippen LogP contribution < -0.4 is 15.5 Å². The second kappa shape index (κ2) is 6.94. The molecule has 0 bridgehead atoms. The Labute approximate surface area is 126 Å². The summed E-state index contributed by atoms with van der Waals surface area (Å²) in [6, 6.07) is 8.92. The number of anilines is 2. The van der Waals surface area contributed by atoms with Crippen LogP contribution in [0.3, 0.4) is 0 Å². The molecule has 1 saturated heterocycles. The van der Waals surface area contributed by atoms with Crippen LogP contribution in [0, 0.1) is 0 Å². The van der Waals surface area contributed by atoms with Crippen LogP contribution in [0.5, 0.6) is 0 Å². The fourth-order valence-electron chi connectivity index (χ4n) is 3.41. The first-order chi connectivity index (χ1) is 10.3. The molecule has 0 unspecified atom stereocenters. The molecule has 0 aromatic heterocycles. The van der Waals surface area contributed by atoms with E-state index < -0.39 is 0 Å². The Morgan fingerprint density at radius 1 is 1.10 bits per heavy atom.